The van der Waals surface area contributed by atoms with Gasteiger partial charge in [0.05, 0.1) is 0 Å². The average Bonchev–Trinajstić information content (AvgIpc) is 2.90. The summed E-state index contributed by atoms with van der Waals surface area (Å²) in [6, 6.07) is 0.724. The maximum absolute atomic E-state index is 6.17. The van der Waals surface area contributed by atoms with E-state index in [1.54, 1.807) is 0 Å². The summed E-state index contributed by atoms with van der Waals surface area (Å²) in [5, 5.41) is 0. The summed E-state index contributed by atoms with van der Waals surface area (Å²) in [6.45, 7) is 9.20. The van der Waals surface area contributed by atoms with Crippen LogP contribution in [0, 0.1) is 5.92 Å². The molecule has 0 aromatic rings. The molecule has 3 unspecified atom stereocenters. The van der Waals surface area contributed by atoms with Gasteiger partial charge in [0, 0.05) is 31.2 Å². The summed E-state index contributed by atoms with van der Waals surface area (Å²) in [5.74, 6) is 0.777. The smallest absolute Gasteiger partial charge is 0.0496 e. The molecule has 2 saturated heterocycles. The molecule has 2 N–H and O–H groups in total. The van der Waals surface area contributed by atoms with Crippen molar-refractivity contribution in [2.24, 2.45) is 11.7 Å². The Morgan fingerprint density at radius 1 is 1.47 bits per heavy atom. The minimum Gasteiger partial charge on any atom is -0.329 e. The van der Waals surface area contributed by atoms with E-state index in [0.717, 1.165) is 18.5 Å². The number of nitrogens with two attached hydrogens (primary N) is 1. The monoisotopic (exact) mass is 239 g/mol. The maximum Gasteiger partial charge on any atom is 0.0496 e. The normalized spacial score (nSPS) is 35.5. The highest BCUT2D eigenvalue weighted by Gasteiger charge is 2.50. The molecule has 0 aromatic carbocycles. The molecule has 3 atom stereocenters. The van der Waals surface area contributed by atoms with Crippen molar-refractivity contribution in [3.63, 3.8) is 0 Å². The minimum atomic E-state index is 0.264. The first kappa shape index (κ1) is 13.3. The van der Waals surface area contributed by atoms with E-state index in [-0.39, 0.29) is 5.54 Å². The van der Waals surface area contributed by atoms with E-state index < -0.39 is 0 Å². The zero-order valence-electron chi connectivity index (χ0n) is 11.8. The van der Waals surface area contributed by atoms with Gasteiger partial charge in [0.15, 0.2) is 0 Å². The Morgan fingerprint density at radius 2 is 2.24 bits per heavy atom. The second-order valence-corrected chi connectivity index (χ2v) is 6.15. The second kappa shape index (κ2) is 5.25. The molecule has 0 bridgehead atoms. The topological polar surface area (TPSA) is 32.5 Å². The van der Waals surface area contributed by atoms with Crippen LogP contribution in [0.3, 0.4) is 0 Å². The van der Waals surface area contributed by atoms with Crippen LogP contribution < -0.4 is 5.73 Å². The molecule has 100 valence electrons. The molecule has 2 fully saturated rings. The van der Waals surface area contributed by atoms with E-state index in [0.29, 0.717) is 0 Å². The van der Waals surface area contributed by atoms with Gasteiger partial charge >= 0.3 is 0 Å². The molecule has 0 saturated carbocycles. The fourth-order valence-electron chi connectivity index (χ4n) is 3.82. The molecule has 0 aromatic heterocycles. The zero-order valence-corrected chi connectivity index (χ0v) is 11.8. The Bertz CT molecular complexity index is 256. The van der Waals surface area contributed by atoms with Crippen molar-refractivity contribution in [1.82, 2.24) is 9.80 Å². The molecule has 2 aliphatic heterocycles. The third-order valence-electron chi connectivity index (χ3n) is 5.21. The Kier molecular flexibility index (Phi) is 4.11. The van der Waals surface area contributed by atoms with Gasteiger partial charge < -0.3 is 5.73 Å². The molecular formula is C14H29N3. The van der Waals surface area contributed by atoms with Crippen LogP contribution in [-0.4, -0.2) is 54.6 Å². The highest BCUT2D eigenvalue weighted by molar-refractivity contribution is 5.09. The molecule has 17 heavy (non-hydrogen) atoms. The van der Waals surface area contributed by atoms with Crippen molar-refractivity contribution in [2.75, 3.05) is 33.2 Å². The molecule has 2 aliphatic rings. The first-order valence-electron chi connectivity index (χ1n) is 7.29. The Balaban J connectivity index is 2.08. The number of hydrogen-bond donors (Lipinski definition) is 1. The van der Waals surface area contributed by atoms with Crippen LogP contribution in [0.4, 0.5) is 0 Å². The van der Waals surface area contributed by atoms with Crippen LogP contribution in [-0.2, 0) is 0 Å². The fourth-order valence-corrected chi connectivity index (χ4v) is 3.82. The van der Waals surface area contributed by atoms with Gasteiger partial charge in [-0.25, -0.2) is 0 Å². The van der Waals surface area contributed by atoms with E-state index >= 15 is 0 Å². The highest BCUT2D eigenvalue weighted by Crippen LogP contribution is 2.39. The number of rotatable bonds is 5. The van der Waals surface area contributed by atoms with Crippen LogP contribution >= 0.6 is 0 Å². The minimum absolute atomic E-state index is 0.264. The molecule has 0 aliphatic carbocycles. The Hall–Kier alpha value is -0.120. The number of fused-ring (bicyclic) bond motifs is 1. The number of hydrogen-bond acceptors (Lipinski definition) is 3. The van der Waals surface area contributed by atoms with Gasteiger partial charge in [0.2, 0.25) is 0 Å². The largest absolute Gasteiger partial charge is 0.329 e. The second-order valence-electron chi connectivity index (χ2n) is 6.15. The van der Waals surface area contributed by atoms with E-state index in [2.05, 4.69) is 30.7 Å². The predicted molar refractivity (Wildman–Crippen MR) is 73.1 cm³/mol. The summed E-state index contributed by atoms with van der Waals surface area (Å²) in [7, 11) is 2.29. The van der Waals surface area contributed by atoms with Crippen molar-refractivity contribution in [2.45, 2.75) is 51.1 Å². The average molecular weight is 239 g/mol. The third kappa shape index (κ3) is 2.25. The van der Waals surface area contributed by atoms with Gasteiger partial charge in [0.1, 0.15) is 0 Å². The lowest BCUT2D eigenvalue weighted by atomic mass is 9.86. The molecule has 2 heterocycles. The van der Waals surface area contributed by atoms with Crippen molar-refractivity contribution < 1.29 is 0 Å². The summed E-state index contributed by atoms with van der Waals surface area (Å²) in [6.07, 6.45) is 5.24. The van der Waals surface area contributed by atoms with Crippen LogP contribution in [0.2, 0.25) is 0 Å². The lowest BCUT2D eigenvalue weighted by Crippen LogP contribution is -2.59. The first-order valence-corrected chi connectivity index (χ1v) is 7.29. The van der Waals surface area contributed by atoms with Gasteiger partial charge in [-0.15, -0.1) is 0 Å². The zero-order chi connectivity index (χ0) is 12.5. The third-order valence-corrected chi connectivity index (χ3v) is 5.21. The van der Waals surface area contributed by atoms with Gasteiger partial charge in [0.25, 0.3) is 0 Å². The Labute approximate surface area is 106 Å². The van der Waals surface area contributed by atoms with E-state index in [4.69, 9.17) is 5.73 Å². The van der Waals surface area contributed by atoms with Crippen molar-refractivity contribution in [3.05, 3.63) is 0 Å². The molecule has 2 rings (SSSR count). The SMILES string of the molecule is CCC(C)CN(C)C1(CN)CCN2CCCC21. The van der Waals surface area contributed by atoms with E-state index in [1.807, 2.05) is 0 Å². The van der Waals surface area contributed by atoms with E-state index in [1.165, 1.54) is 45.3 Å². The molecule has 3 heteroatoms. The van der Waals surface area contributed by atoms with E-state index in [9.17, 15) is 0 Å². The van der Waals surface area contributed by atoms with Gasteiger partial charge in [-0.1, -0.05) is 20.3 Å². The van der Waals surface area contributed by atoms with Gasteiger partial charge in [-0.05, 0) is 38.8 Å². The van der Waals surface area contributed by atoms with Gasteiger partial charge in [-0.3, -0.25) is 9.80 Å². The van der Waals surface area contributed by atoms with Crippen LogP contribution in [0.15, 0.2) is 0 Å². The summed E-state index contributed by atoms with van der Waals surface area (Å²) in [4.78, 5) is 5.25. The van der Waals surface area contributed by atoms with Gasteiger partial charge in [-0.2, -0.15) is 0 Å². The molecular weight excluding hydrogens is 210 g/mol. The quantitative estimate of drug-likeness (QED) is 0.790. The summed E-state index contributed by atoms with van der Waals surface area (Å²) < 4.78 is 0. The van der Waals surface area contributed by atoms with Crippen LogP contribution in [0.5, 0.6) is 0 Å². The predicted octanol–water partition coefficient (Wildman–Crippen LogP) is 1.53. The molecule has 0 spiro atoms. The standard InChI is InChI=1S/C14H29N3/c1-4-12(2)10-16(3)14(11-15)7-9-17-8-5-6-13(14)17/h12-13H,4-11,15H2,1-3H3. The fraction of sp³-hybridized carbons (Fsp3) is 1.00. The highest BCUT2D eigenvalue weighted by atomic mass is 15.3. The lowest BCUT2D eigenvalue weighted by molar-refractivity contribution is 0.0772. The summed E-state index contributed by atoms with van der Waals surface area (Å²) >= 11 is 0. The molecule has 3 nitrogen and oxygen atoms in total. The van der Waals surface area contributed by atoms with Crippen LogP contribution in [0.25, 0.3) is 0 Å². The van der Waals surface area contributed by atoms with Crippen molar-refractivity contribution >= 4 is 0 Å². The summed E-state index contributed by atoms with van der Waals surface area (Å²) in [5.41, 5.74) is 6.44. The first-order chi connectivity index (χ1) is 8.14. The van der Waals surface area contributed by atoms with Crippen LogP contribution in [0.1, 0.15) is 39.5 Å². The number of likely N-dealkylation sites (N-methyl/N-ethyl adjacent to an activating group) is 1. The number of nitrogens with zero attached hydrogens (tertiary/aromatic N) is 2. The van der Waals surface area contributed by atoms with Crippen molar-refractivity contribution in [1.29, 1.82) is 0 Å². The van der Waals surface area contributed by atoms with Crippen molar-refractivity contribution in [3.8, 4) is 0 Å². The maximum atomic E-state index is 6.17. The Morgan fingerprint density at radius 3 is 2.88 bits per heavy atom. The lowest BCUT2D eigenvalue weighted by Gasteiger charge is -2.43. The molecule has 0 amide bonds. The molecule has 0 radical (unpaired) electrons.